The van der Waals surface area contributed by atoms with Gasteiger partial charge in [-0.15, -0.1) is 6.58 Å². The van der Waals surface area contributed by atoms with Gasteiger partial charge in [-0.2, -0.15) is 0 Å². The van der Waals surface area contributed by atoms with Crippen LogP contribution in [0.1, 0.15) is 27.2 Å². The third-order valence-corrected chi connectivity index (χ3v) is 11.4. The van der Waals surface area contributed by atoms with Gasteiger partial charge < -0.3 is 9.16 Å². The molecule has 1 saturated heterocycles. The molecule has 0 aromatic carbocycles. The Morgan fingerprint density at radius 3 is 2.11 bits per heavy atom. The number of hydrogen-bond acceptors (Lipinski definition) is 2. The first kappa shape index (κ1) is 17.1. The summed E-state index contributed by atoms with van der Waals surface area (Å²) in [5, 5.41) is 1.62. The number of ether oxygens (including phenoxy) is 1. The van der Waals surface area contributed by atoms with Crippen LogP contribution in [0.2, 0.25) is 37.8 Å². The summed E-state index contributed by atoms with van der Waals surface area (Å²) < 4.78 is 12.4. The second kappa shape index (κ2) is 5.47. The Morgan fingerprint density at radius 2 is 1.68 bits per heavy atom. The van der Waals surface area contributed by atoms with E-state index >= 15 is 0 Å². The van der Waals surface area contributed by atoms with Gasteiger partial charge in [-0.25, -0.2) is 0 Å². The summed E-state index contributed by atoms with van der Waals surface area (Å²) in [5.74, 6) is 0.404. The molecule has 0 aliphatic carbocycles. The van der Waals surface area contributed by atoms with Gasteiger partial charge in [-0.3, -0.25) is 0 Å². The summed E-state index contributed by atoms with van der Waals surface area (Å²) in [6.45, 7) is 23.7. The highest BCUT2D eigenvalue weighted by Crippen LogP contribution is 2.41. The molecule has 0 aromatic rings. The first-order valence-electron chi connectivity index (χ1n) is 7.35. The standard InChI is InChI=1S/C15H32O2Si2/c1-12(18(5,6)7)13-10-11-16-14(13)17-19(8,9)15(2,3)4/h13-14H,1,10-11H2,2-9H3/t13-,14-/m1/s1. The van der Waals surface area contributed by atoms with E-state index in [0.29, 0.717) is 5.92 Å². The summed E-state index contributed by atoms with van der Waals surface area (Å²) in [7, 11) is -3.10. The maximum Gasteiger partial charge on any atom is 0.195 e. The quantitative estimate of drug-likeness (QED) is 0.694. The zero-order valence-corrected chi connectivity index (χ0v) is 16.1. The average molecular weight is 301 g/mol. The SMILES string of the molecule is C=C([C@H]1CCO[C@@H]1O[Si](C)(C)C(C)(C)C)[Si](C)(C)C. The fourth-order valence-electron chi connectivity index (χ4n) is 2.04. The fourth-order valence-corrected chi connectivity index (χ4v) is 4.60. The summed E-state index contributed by atoms with van der Waals surface area (Å²) in [6, 6.07) is 0. The average Bonchev–Trinajstić information content (AvgIpc) is 2.60. The molecule has 0 saturated carbocycles. The van der Waals surface area contributed by atoms with Gasteiger partial charge in [-0.05, 0) is 24.6 Å². The van der Waals surface area contributed by atoms with Crippen LogP contribution in [0.25, 0.3) is 0 Å². The maximum absolute atomic E-state index is 6.47. The molecule has 112 valence electrons. The molecule has 0 aromatic heterocycles. The van der Waals surface area contributed by atoms with E-state index < -0.39 is 16.4 Å². The summed E-state index contributed by atoms with van der Waals surface area (Å²) in [6.07, 6.45) is 1.02. The first-order chi connectivity index (χ1) is 8.36. The second-order valence-corrected chi connectivity index (χ2v) is 18.2. The molecule has 2 atom stereocenters. The van der Waals surface area contributed by atoms with E-state index in [-0.39, 0.29) is 11.3 Å². The molecule has 4 heteroatoms. The smallest absolute Gasteiger partial charge is 0.195 e. The largest absolute Gasteiger partial charge is 0.392 e. The van der Waals surface area contributed by atoms with Crippen LogP contribution in [0, 0.1) is 5.92 Å². The molecule has 1 aliphatic rings. The van der Waals surface area contributed by atoms with Crippen LogP contribution in [0.3, 0.4) is 0 Å². The fraction of sp³-hybridized carbons (Fsp3) is 0.867. The van der Waals surface area contributed by atoms with Gasteiger partial charge in [0, 0.05) is 5.92 Å². The van der Waals surface area contributed by atoms with E-state index in [4.69, 9.17) is 9.16 Å². The Kier molecular flexibility index (Phi) is 4.93. The van der Waals surface area contributed by atoms with Crippen LogP contribution in [0.4, 0.5) is 0 Å². The van der Waals surface area contributed by atoms with Gasteiger partial charge in [0.2, 0.25) is 0 Å². The molecule has 0 bridgehead atoms. The van der Waals surface area contributed by atoms with Gasteiger partial charge in [0.25, 0.3) is 0 Å². The minimum Gasteiger partial charge on any atom is -0.392 e. The van der Waals surface area contributed by atoms with Gasteiger partial charge in [0.05, 0.1) is 14.7 Å². The Labute approximate surface area is 121 Å². The van der Waals surface area contributed by atoms with E-state index in [2.05, 4.69) is 60.1 Å². The lowest BCUT2D eigenvalue weighted by atomic mass is 10.1. The third-order valence-electron chi connectivity index (χ3n) is 4.67. The van der Waals surface area contributed by atoms with Crippen molar-refractivity contribution in [3.8, 4) is 0 Å². The third kappa shape index (κ3) is 4.03. The Balaban J connectivity index is 2.82. The predicted octanol–water partition coefficient (Wildman–Crippen LogP) is 4.80. The molecule has 1 fully saturated rings. The van der Waals surface area contributed by atoms with Crippen LogP contribution in [-0.4, -0.2) is 29.3 Å². The first-order valence-corrected chi connectivity index (χ1v) is 13.8. The molecule has 1 heterocycles. The molecule has 0 N–H and O–H groups in total. The van der Waals surface area contributed by atoms with Crippen molar-refractivity contribution in [2.45, 2.75) is 71.3 Å². The monoisotopic (exact) mass is 300 g/mol. The van der Waals surface area contributed by atoms with Crippen LogP contribution < -0.4 is 0 Å². The van der Waals surface area contributed by atoms with Crippen molar-refractivity contribution in [1.29, 1.82) is 0 Å². The number of rotatable bonds is 4. The highest BCUT2D eigenvalue weighted by Gasteiger charge is 2.44. The van der Waals surface area contributed by atoms with Crippen molar-refractivity contribution in [2.24, 2.45) is 5.92 Å². The predicted molar refractivity (Wildman–Crippen MR) is 88.6 cm³/mol. The van der Waals surface area contributed by atoms with E-state index in [1.165, 1.54) is 5.20 Å². The van der Waals surface area contributed by atoms with Crippen LogP contribution in [0.15, 0.2) is 11.8 Å². The zero-order chi connectivity index (χ0) is 15.1. The molecule has 0 unspecified atom stereocenters. The molecule has 2 nitrogen and oxygen atoms in total. The molecule has 0 spiro atoms. The lowest BCUT2D eigenvalue weighted by Crippen LogP contribution is -2.46. The minimum atomic E-state index is -1.77. The Morgan fingerprint density at radius 1 is 1.16 bits per heavy atom. The van der Waals surface area contributed by atoms with Gasteiger partial charge in [0.15, 0.2) is 14.6 Å². The highest BCUT2D eigenvalue weighted by molar-refractivity contribution is 6.83. The number of hydrogen-bond donors (Lipinski definition) is 0. The molecule has 0 radical (unpaired) electrons. The van der Waals surface area contributed by atoms with Crippen LogP contribution in [0.5, 0.6) is 0 Å². The summed E-state index contributed by atoms with van der Waals surface area (Å²) >= 11 is 0. The van der Waals surface area contributed by atoms with Crippen molar-refractivity contribution < 1.29 is 9.16 Å². The highest BCUT2D eigenvalue weighted by atomic mass is 28.4. The van der Waals surface area contributed by atoms with E-state index in [1.54, 1.807) is 0 Å². The van der Waals surface area contributed by atoms with Crippen molar-refractivity contribution >= 4 is 16.4 Å². The maximum atomic E-state index is 6.47. The van der Waals surface area contributed by atoms with Crippen LogP contribution in [-0.2, 0) is 9.16 Å². The van der Waals surface area contributed by atoms with Crippen molar-refractivity contribution in [3.05, 3.63) is 11.8 Å². The lowest BCUT2D eigenvalue weighted by molar-refractivity contribution is -0.0636. The molecule has 1 rings (SSSR count). The van der Waals surface area contributed by atoms with E-state index in [1.807, 2.05) is 0 Å². The Bertz CT molecular complexity index is 337. The van der Waals surface area contributed by atoms with Crippen molar-refractivity contribution in [1.82, 2.24) is 0 Å². The summed E-state index contributed by atoms with van der Waals surface area (Å²) in [4.78, 5) is 0. The Hall–Kier alpha value is 0.0938. The molecular weight excluding hydrogens is 268 g/mol. The van der Waals surface area contributed by atoms with Gasteiger partial charge in [-0.1, -0.05) is 45.6 Å². The molecule has 0 amide bonds. The molecule has 1 aliphatic heterocycles. The lowest BCUT2D eigenvalue weighted by Gasteiger charge is -2.40. The second-order valence-electron chi connectivity index (χ2n) is 8.29. The topological polar surface area (TPSA) is 18.5 Å². The van der Waals surface area contributed by atoms with E-state index in [0.717, 1.165) is 13.0 Å². The normalized spacial score (nSPS) is 25.7. The van der Waals surface area contributed by atoms with E-state index in [9.17, 15) is 0 Å². The summed E-state index contributed by atoms with van der Waals surface area (Å²) in [5.41, 5.74) is 0. The van der Waals surface area contributed by atoms with Gasteiger partial charge in [0.1, 0.15) is 0 Å². The zero-order valence-electron chi connectivity index (χ0n) is 14.1. The molecule has 19 heavy (non-hydrogen) atoms. The van der Waals surface area contributed by atoms with Crippen molar-refractivity contribution in [2.75, 3.05) is 6.61 Å². The molecular formula is C15H32O2Si2. The van der Waals surface area contributed by atoms with Crippen LogP contribution >= 0.6 is 0 Å². The minimum absolute atomic E-state index is 0.0554. The van der Waals surface area contributed by atoms with Crippen molar-refractivity contribution in [3.63, 3.8) is 0 Å². The van der Waals surface area contributed by atoms with Gasteiger partial charge >= 0.3 is 0 Å².